The highest BCUT2D eigenvalue weighted by Gasteiger charge is 2.04. The van der Waals surface area contributed by atoms with E-state index < -0.39 is 0 Å². The Morgan fingerprint density at radius 3 is 2.44 bits per heavy atom. The van der Waals surface area contributed by atoms with E-state index in [4.69, 9.17) is 0 Å². The first-order valence-electron chi connectivity index (χ1n) is 6.18. The normalized spacial score (nSPS) is 12.7. The lowest BCUT2D eigenvalue weighted by Gasteiger charge is -2.14. The van der Waals surface area contributed by atoms with Crippen LogP contribution in [0.1, 0.15) is 38.2 Å². The van der Waals surface area contributed by atoms with Crippen LogP contribution in [0, 0.1) is 0 Å². The first-order valence-corrected chi connectivity index (χ1v) is 6.97. The second kappa shape index (κ2) is 7.86. The predicted octanol–water partition coefficient (Wildman–Crippen LogP) is 4.16. The number of hydrogen-bond acceptors (Lipinski definition) is 1. The number of hydrogen-bond donors (Lipinski definition) is 1. The average Bonchev–Trinajstić information content (AvgIpc) is 2.30. The van der Waals surface area contributed by atoms with Gasteiger partial charge in [0.15, 0.2) is 0 Å². The molecule has 1 unspecified atom stereocenters. The molecule has 16 heavy (non-hydrogen) atoms. The number of nitrogens with one attached hydrogen (secondary N) is 1. The summed E-state index contributed by atoms with van der Waals surface area (Å²) in [5.41, 5.74) is 1.44. The molecule has 0 radical (unpaired) electrons. The summed E-state index contributed by atoms with van der Waals surface area (Å²) in [6, 6.07) is 9.35. The van der Waals surface area contributed by atoms with E-state index >= 15 is 0 Å². The minimum atomic E-state index is 0.695. The predicted molar refractivity (Wildman–Crippen MR) is 74.8 cm³/mol. The zero-order valence-electron chi connectivity index (χ0n) is 10.3. The lowest BCUT2D eigenvalue weighted by atomic mass is 10.0. The molecule has 1 aromatic carbocycles. The molecule has 1 aromatic rings. The average molecular weight is 284 g/mol. The van der Waals surface area contributed by atoms with Crippen LogP contribution in [-0.2, 0) is 6.42 Å². The van der Waals surface area contributed by atoms with Crippen molar-refractivity contribution in [3.8, 4) is 0 Å². The van der Waals surface area contributed by atoms with Gasteiger partial charge in [-0.1, -0.05) is 41.4 Å². The largest absolute Gasteiger partial charge is 0.317 e. The fourth-order valence-electron chi connectivity index (χ4n) is 1.99. The third-order valence-electron chi connectivity index (χ3n) is 2.98. The van der Waals surface area contributed by atoms with Crippen molar-refractivity contribution in [2.45, 2.75) is 45.1 Å². The minimum absolute atomic E-state index is 0.695. The van der Waals surface area contributed by atoms with E-state index in [9.17, 15) is 0 Å². The van der Waals surface area contributed by atoms with Crippen molar-refractivity contribution in [2.24, 2.45) is 0 Å². The number of aryl methyl sites for hydroxylation is 1. The number of halogens is 1. The van der Waals surface area contributed by atoms with Gasteiger partial charge in [-0.15, -0.1) is 0 Å². The third-order valence-corrected chi connectivity index (χ3v) is 3.51. The van der Waals surface area contributed by atoms with Crippen LogP contribution >= 0.6 is 15.9 Å². The standard InChI is InChI=1S/C14H22BrN/c1-3-5-14(16-2)7-4-6-12-8-10-13(15)11-9-12/h8-11,14,16H,3-7H2,1-2H3. The molecule has 0 aliphatic heterocycles. The highest BCUT2D eigenvalue weighted by Crippen LogP contribution is 2.13. The van der Waals surface area contributed by atoms with Crippen molar-refractivity contribution in [3.63, 3.8) is 0 Å². The first-order chi connectivity index (χ1) is 7.76. The zero-order chi connectivity index (χ0) is 11.8. The second-order valence-corrected chi connectivity index (χ2v) is 5.21. The van der Waals surface area contributed by atoms with Gasteiger partial charge >= 0.3 is 0 Å². The van der Waals surface area contributed by atoms with Gasteiger partial charge in [0, 0.05) is 10.5 Å². The molecule has 0 aliphatic carbocycles. The summed E-state index contributed by atoms with van der Waals surface area (Å²) in [5.74, 6) is 0. The fourth-order valence-corrected chi connectivity index (χ4v) is 2.25. The molecule has 1 atom stereocenters. The Bertz CT molecular complexity index is 281. The van der Waals surface area contributed by atoms with Crippen LogP contribution in [-0.4, -0.2) is 13.1 Å². The molecule has 1 rings (SSSR count). The Hall–Kier alpha value is -0.340. The number of rotatable bonds is 7. The molecule has 0 spiro atoms. The summed E-state index contributed by atoms with van der Waals surface area (Å²) in [7, 11) is 2.07. The van der Waals surface area contributed by atoms with Crippen molar-refractivity contribution < 1.29 is 0 Å². The summed E-state index contributed by atoms with van der Waals surface area (Å²) in [5, 5.41) is 3.39. The zero-order valence-corrected chi connectivity index (χ0v) is 11.9. The SMILES string of the molecule is CCCC(CCCc1ccc(Br)cc1)NC. The molecule has 0 amide bonds. The van der Waals surface area contributed by atoms with Gasteiger partial charge in [0.1, 0.15) is 0 Å². The van der Waals surface area contributed by atoms with Crippen molar-refractivity contribution in [3.05, 3.63) is 34.3 Å². The Labute approximate surface area is 108 Å². The van der Waals surface area contributed by atoms with Crippen molar-refractivity contribution in [1.29, 1.82) is 0 Å². The van der Waals surface area contributed by atoms with Gasteiger partial charge in [0.2, 0.25) is 0 Å². The molecule has 0 bridgehead atoms. The molecule has 1 N–H and O–H groups in total. The maximum Gasteiger partial charge on any atom is 0.0175 e. The van der Waals surface area contributed by atoms with Crippen molar-refractivity contribution >= 4 is 15.9 Å². The summed E-state index contributed by atoms with van der Waals surface area (Å²) in [4.78, 5) is 0. The van der Waals surface area contributed by atoms with Gasteiger partial charge in [-0.05, 0) is 50.4 Å². The molecule has 0 aliphatic rings. The van der Waals surface area contributed by atoms with Gasteiger partial charge in [-0.2, -0.15) is 0 Å². The molecule has 0 heterocycles. The van der Waals surface area contributed by atoms with Crippen molar-refractivity contribution in [1.82, 2.24) is 5.32 Å². The summed E-state index contributed by atoms with van der Waals surface area (Å²) < 4.78 is 1.16. The van der Waals surface area contributed by atoms with E-state index in [-0.39, 0.29) is 0 Å². The molecule has 2 heteroatoms. The quantitative estimate of drug-likeness (QED) is 0.792. The summed E-state index contributed by atoms with van der Waals surface area (Å²) >= 11 is 3.46. The molecule has 0 aromatic heterocycles. The van der Waals surface area contributed by atoms with E-state index in [2.05, 4.69) is 59.5 Å². The van der Waals surface area contributed by atoms with Crippen LogP contribution in [0.2, 0.25) is 0 Å². The van der Waals surface area contributed by atoms with Crippen LogP contribution < -0.4 is 5.32 Å². The first kappa shape index (κ1) is 13.7. The summed E-state index contributed by atoms with van der Waals surface area (Å²) in [6.45, 7) is 2.25. The maximum absolute atomic E-state index is 3.46. The topological polar surface area (TPSA) is 12.0 Å². The molecule has 0 saturated heterocycles. The maximum atomic E-state index is 3.46. The Balaban J connectivity index is 2.26. The van der Waals surface area contributed by atoms with Crippen LogP contribution in [0.4, 0.5) is 0 Å². The highest BCUT2D eigenvalue weighted by molar-refractivity contribution is 9.10. The van der Waals surface area contributed by atoms with E-state index in [0.717, 1.165) is 4.47 Å². The molecular weight excluding hydrogens is 262 g/mol. The second-order valence-electron chi connectivity index (χ2n) is 4.29. The molecule has 0 fully saturated rings. The summed E-state index contributed by atoms with van der Waals surface area (Å²) in [6.07, 6.45) is 6.29. The Kier molecular flexibility index (Phi) is 6.74. The smallest absolute Gasteiger partial charge is 0.0175 e. The van der Waals surface area contributed by atoms with Crippen LogP contribution in [0.15, 0.2) is 28.7 Å². The Morgan fingerprint density at radius 1 is 1.19 bits per heavy atom. The molecular formula is C14H22BrN. The number of benzene rings is 1. The monoisotopic (exact) mass is 283 g/mol. The van der Waals surface area contributed by atoms with Crippen LogP contribution in [0.3, 0.4) is 0 Å². The van der Waals surface area contributed by atoms with E-state index in [0.29, 0.717) is 6.04 Å². The van der Waals surface area contributed by atoms with Gasteiger partial charge in [-0.3, -0.25) is 0 Å². The minimum Gasteiger partial charge on any atom is -0.317 e. The van der Waals surface area contributed by atoms with Gasteiger partial charge in [0.25, 0.3) is 0 Å². The van der Waals surface area contributed by atoms with Gasteiger partial charge in [-0.25, -0.2) is 0 Å². The highest BCUT2D eigenvalue weighted by atomic mass is 79.9. The lowest BCUT2D eigenvalue weighted by molar-refractivity contribution is 0.470. The van der Waals surface area contributed by atoms with Gasteiger partial charge < -0.3 is 5.32 Å². The van der Waals surface area contributed by atoms with E-state index in [1.807, 2.05) is 0 Å². The van der Waals surface area contributed by atoms with Gasteiger partial charge in [0.05, 0.1) is 0 Å². The third kappa shape index (κ3) is 5.13. The molecule has 0 saturated carbocycles. The molecule has 90 valence electrons. The lowest BCUT2D eigenvalue weighted by Crippen LogP contribution is -2.24. The van der Waals surface area contributed by atoms with Crippen molar-refractivity contribution in [2.75, 3.05) is 7.05 Å². The van der Waals surface area contributed by atoms with E-state index in [1.165, 1.54) is 37.7 Å². The van der Waals surface area contributed by atoms with Crippen LogP contribution in [0.5, 0.6) is 0 Å². The fraction of sp³-hybridized carbons (Fsp3) is 0.571. The van der Waals surface area contributed by atoms with Crippen LogP contribution in [0.25, 0.3) is 0 Å². The Morgan fingerprint density at radius 2 is 1.88 bits per heavy atom. The van der Waals surface area contributed by atoms with E-state index in [1.54, 1.807) is 0 Å². The molecule has 1 nitrogen and oxygen atoms in total.